The van der Waals surface area contributed by atoms with Gasteiger partial charge in [0.05, 0.1) is 25.5 Å². The lowest BCUT2D eigenvalue weighted by Crippen LogP contribution is -2.58. The van der Waals surface area contributed by atoms with E-state index in [0.29, 0.717) is 0 Å². The number of ether oxygens (including phenoxy) is 5. The highest BCUT2D eigenvalue weighted by Gasteiger charge is 2.52. The summed E-state index contributed by atoms with van der Waals surface area (Å²) < 4.78 is 57.7. The van der Waals surface area contributed by atoms with E-state index in [-0.39, 0.29) is 41.6 Å². The molecule has 5 rings (SSSR count). The summed E-state index contributed by atoms with van der Waals surface area (Å²) >= 11 is 0. The lowest BCUT2D eigenvalue weighted by Gasteiger charge is -2.45. The first-order valence-corrected chi connectivity index (χ1v) is 14.6. The highest BCUT2D eigenvalue weighted by atomic mass is 32.2. The number of hydrogen-bond donors (Lipinski definition) is 2. The number of benzene rings is 3. The summed E-state index contributed by atoms with van der Waals surface area (Å²) in [7, 11) is -2.45. The van der Waals surface area contributed by atoms with Crippen LogP contribution in [0.2, 0.25) is 0 Å². The number of rotatable bonds is 10. The number of esters is 1. The maximum atomic E-state index is 13.3. The Labute approximate surface area is 237 Å². The number of carbonyl (C=O) groups excluding carboxylic acids is 1. The van der Waals surface area contributed by atoms with Gasteiger partial charge in [-0.05, 0) is 17.2 Å². The zero-order chi connectivity index (χ0) is 29.1. The molecular weight excluding hydrogens is 556 g/mol. The van der Waals surface area contributed by atoms with Gasteiger partial charge in [-0.2, -0.15) is 8.42 Å². The summed E-state index contributed by atoms with van der Waals surface area (Å²) in [5.74, 6) is -0.284. The second-order valence-electron chi connectivity index (χ2n) is 9.68. The van der Waals surface area contributed by atoms with E-state index in [2.05, 4.69) is 0 Å². The first-order chi connectivity index (χ1) is 19.7. The molecule has 0 unspecified atom stereocenters. The van der Waals surface area contributed by atoms with Crippen molar-refractivity contribution in [3.8, 4) is 17.2 Å². The molecule has 0 aromatic heterocycles. The number of fused-ring (bicyclic) bond motifs is 3. The van der Waals surface area contributed by atoms with Crippen LogP contribution in [0.15, 0.2) is 66.7 Å². The smallest absolute Gasteiger partial charge is 0.339 e. The maximum Gasteiger partial charge on any atom is 0.339 e. The Morgan fingerprint density at radius 2 is 1.49 bits per heavy atom. The van der Waals surface area contributed by atoms with Crippen LogP contribution in [0.5, 0.6) is 17.2 Å². The molecule has 2 aliphatic rings. The summed E-state index contributed by atoms with van der Waals surface area (Å²) in [6.07, 6.45) is -6.10. The number of methoxy groups -OCH3 is 1. The predicted octanol–water partition coefficient (Wildman–Crippen LogP) is 2.53. The summed E-state index contributed by atoms with van der Waals surface area (Å²) in [5.41, 5.74) is 1.96. The lowest BCUT2D eigenvalue weighted by molar-refractivity contribution is -0.233. The Kier molecular flexibility index (Phi) is 8.47. The molecule has 0 bridgehead atoms. The van der Waals surface area contributed by atoms with Gasteiger partial charge in [0.15, 0.2) is 17.6 Å². The summed E-state index contributed by atoms with van der Waals surface area (Å²) in [5, 5.41) is 21.5. The second kappa shape index (κ2) is 12.0. The first kappa shape index (κ1) is 28.8. The van der Waals surface area contributed by atoms with E-state index < -0.39 is 53.2 Å². The van der Waals surface area contributed by atoms with Gasteiger partial charge in [-0.15, -0.1) is 0 Å². The standard InChI is InChI=1S/C29H30O11S/c1-35-25-20(36-14-17-9-5-3-6-10-17)13-19-22(26(25)37-15-18-11-7-4-8-12-18)27-28(40-29(19)32)24(31)23(30)21(39-27)16-38-41(2,33)34/h3-13,21,23-24,27-28,30-31H,14-16H2,1-2H3/t21-,23-,24+,27+,28-/m1/s1. The van der Waals surface area contributed by atoms with E-state index in [1.165, 1.54) is 13.2 Å². The molecule has 2 aliphatic heterocycles. The summed E-state index contributed by atoms with van der Waals surface area (Å²) in [6.45, 7) is -0.315. The van der Waals surface area contributed by atoms with Gasteiger partial charge in [-0.3, -0.25) is 4.18 Å². The minimum atomic E-state index is -3.88. The van der Waals surface area contributed by atoms with Gasteiger partial charge in [-0.1, -0.05) is 60.7 Å². The van der Waals surface area contributed by atoms with Crippen molar-refractivity contribution < 1.29 is 51.3 Å². The summed E-state index contributed by atoms with van der Waals surface area (Å²) in [6, 6.07) is 20.2. The number of carbonyl (C=O) groups is 1. The van der Waals surface area contributed by atoms with Crippen molar-refractivity contribution in [2.24, 2.45) is 0 Å². The third-order valence-electron chi connectivity index (χ3n) is 6.79. The van der Waals surface area contributed by atoms with Gasteiger partial charge in [0, 0.05) is 5.56 Å². The number of aliphatic hydroxyl groups excluding tert-OH is 2. The molecule has 3 aromatic carbocycles. The highest BCUT2D eigenvalue weighted by molar-refractivity contribution is 7.85. The van der Waals surface area contributed by atoms with Crippen LogP contribution in [0.25, 0.3) is 0 Å². The van der Waals surface area contributed by atoms with Crippen LogP contribution in [-0.2, 0) is 37.0 Å². The first-order valence-electron chi connectivity index (χ1n) is 12.8. The number of hydrogen-bond acceptors (Lipinski definition) is 11. The molecular formula is C29H30O11S. The van der Waals surface area contributed by atoms with Crippen molar-refractivity contribution in [2.75, 3.05) is 20.0 Å². The van der Waals surface area contributed by atoms with Gasteiger partial charge in [0.2, 0.25) is 5.75 Å². The van der Waals surface area contributed by atoms with Gasteiger partial charge in [0.25, 0.3) is 10.1 Å². The van der Waals surface area contributed by atoms with Gasteiger partial charge in [0.1, 0.15) is 37.6 Å². The second-order valence-corrected chi connectivity index (χ2v) is 11.3. The SMILES string of the molecule is COc1c(OCc2ccccc2)cc2c(c1OCc1ccccc1)[C@@H]1O[C@H](COS(C)(=O)=O)[C@@H](O)[C@H](O)[C@H]1OC2=O. The maximum absolute atomic E-state index is 13.3. The Morgan fingerprint density at radius 1 is 0.878 bits per heavy atom. The van der Waals surface area contributed by atoms with E-state index in [4.69, 9.17) is 27.9 Å². The van der Waals surface area contributed by atoms with E-state index in [1.807, 2.05) is 60.7 Å². The molecule has 1 fully saturated rings. The largest absolute Gasteiger partial charge is 0.490 e. The monoisotopic (exact) mass is 586 g/mol. The Bertz CT molecular complexity index is 1480. The fourth-order valence-electron chi connectivity index (χ4n) is 4.81. The van der Waals surface area contributed by atoms with Crippen molar-refractivity contribution >= 4 is 16.1 Å². The fourth-order valence-corrected chi connectivity index (χ4v) is 5.19. The van der Waals surface area contributed by atoms with Crippen LogP contribution in [-0.4, -0.2) is 69.0 Å². The van der Waals surface area contributed by atoms with Gasteiger partial charge < -0.3 is 33.9 Å². The normalized spacial score (nSPS) is 23.6. The van der Waals surface area contributed by atoms with Crippen LogP contribution < -0.4 is 14.2 Å². The van der Waals surface area contributed by atoms with E-state index >= 15 is 0 Å². The van der Waals surface area contributed by atoms with Crippen molar-refractivity contribution in [1.29, 1.82) is 0 Å². The third-order valence-corrected chi connectivity index (χ3v) is 7.35. The molecule has 0 spiro atoms. The Hall–Kier alpha value is -3.68. The lowest BCUT2D eigenvalue weighted by atomic mass is 9.86. The number of aliphatic hydroxyl groups is 2. The Balaban J connectivity index is 1.57. The van der Waals surface area contributed by atoms with Crippen LogP contribution in [0.4, 0.5) is 0 Å². The third kappa shape index (κ3) is 6.31. The molecule has 0 aliphatic carbocycles. The average molecular weight is 587 g/mol. The molecule has 0 saturated carbocycles. The van der Waals surface area contributed by atoms with Crippen LogP contribution in [0.3, 0.4) is 0 Å². The van der Waals surface area contributed by atoms with Crippen LogP contribution >= 0.6 is 0 Å². The molecule has 0 amide bonds. The molecule has 5 atom stereocenters. The Morgan fingerprint density at radius 3 is 2.07 bits per heavy atom. The minimum Gasteiger partial charge on any atom is -0.490 e. The van der Waals surface area contributed by atoms with Crippen molar-refractivity contribution in [3.63, 3.8) is 0 Å². The zero-order valence-corrected chi connectivity index (χ0v) is 23.2. The van der Waals surface area contributed by atoms with Crippen LogP contribution in [0, 0.1) is 0 Å². The quantitative estimate of drug-likeness (QED) is 0.267. The molecule has 2 heterocycles. The van der Waals surface area contributed by atoms with Gasteiger partial charge in [-0.25, -0.2) is 4.79 Å². The molecule has 0 radical (unpaired) electrons. The van der Waals surface area contributed by atoms with E-state index in [9.17, 15) is 23.4 Å². The van der Waals surface area contributed by atoms with Crippen molar-refractivity contribution in [2.45, 2.75) is 43.7 Å². The molecule has 1 saturated heterocycles. The average Bonchev–Trinajstić information content (AvgIpc) is 2.96. The molecule has 2 N–H and O–H groups in total. The summed E-state index contributed by atoms with van der Waals surface area (Å²) in [4.78, 5) is 13.3. The molecule has 3 aromatic rings. The van der Waals surface area contributed by atoms with Crippen LogP contribution in [0.1, 0.15) is 33.2 Å². The highest BCUT2D eigenvalue weighted by Crippen LogP contribution is 2.51. The zero-order valence-electron chi connectivity index (χ0n) is 22.3. The van der Waals surface area contributed by atoms with E-state index in [0.717, 1.165) is 17.4 Å². The minimum absolute atomic E-state index is 0.0459. The molecule has 41 heavy (non-hydrogen) atoms. The predicted molar refractivity (Wildman–Crippen MR) is 144 cm³/mol. The fraction of sp³-hybridized carbons (Fsp3) is 0.345. The topological polar surface area (TPSA) is 147 Å². The molecule has 12 heteroatoms. The van der Waals surface area contributed by atoms with Crippen molar-refractivity contribution in [1.82, 2.24) is 0 Å². The molecule has 218 valence electrons. The van der Waals surface area contributed by atoms with E-state index in [1.54, 1.807) is 0 Å². The molecule has 11 nitrogen and oxygen atoms in total. The van der Waals surface area contributed by atoms with Crippen molar-refractivity contribution in [3.05, 3.63) is 89.0 Å². The van der Waals surface area contributed by atoms with Gasteiger partial charge >= 0.3 is 5.97 Å².